The lowest BCUT2D eigenvalue weighted by Crippen LogP contribution is -2.39. The summed E-state index contributed by atoms with van der Waals surface area (Å²) in [6.45, 7) is 5.17. The van der Waals surface area contributed by atoms with Crippen LogP contribution in [0.25, 0.3) is 0 Å². The lowest BCUT2D eigenvalue weighted by molar-refractivity contribution is 0.275. The molecule has 18 heavy (non-hydrogen) atoms. The molecule has 7 heteroatoms. The summed E-state index contributed by atoms with van der Waals surface area (Å²) in [5.41, 5.74) is 0. The molecule has 1 fully saturated rings. The molecular weight excluding hydrogens is 336 g/mol. The molecule has 1 unspecified atom stereocenters. The first-order valence-corrected chi connectivity index (χ1v) is 9.15. The standard InChI is InChI=1S/C11H17BrN2O2S2/c1-8(12)10-3-5-14(6-4-10)18(15,16)11-7-13-9(2)17-11/h7-8,10H,3-6H2,1-2H3. The number of hydrogen-bond donors (Lipinski definition) is 0. The fourth-order valence-electron chi connectivity index (χ4n) is 2.16. The van der Waals surface area contributed by atoms with E-state index in [1.807, 2.05) is 6.92 Å². The third kappa shape index (κ3) is 2.95. The molecule has 1 atom stereocenters. The van der Waals surface area contributed by atoms with E-state index in [9.17, 15) is 8.42 Å². The van der Waals surface area contributed by atoms with E-state index in [-0.39, 0.29) is 0 Å². The molecule has 0 aromatic carbocycles. The number of halogens is 1. The Bertz CT molecular complexity index is 505. The molecule has 4 nitrogen and oxygen atoms in total. The van der Waals surface area contributed by atoms with Gasteiger partial charge in [-0.3, -0.25) is 0 Å². The van der Waals surface area contributed by atoms with Crippen molar-refractivity contribution in [2.24, 2.45) is 5.92 Å². The molecule has 1 aromatic rings. The Morgan fingerprint density at radius 2 is 2.11 bits per heavy atom. The number of sulfonamides is 1. The molecule has 2 rings (SSSR count). The second-order valence-electron chi connectivity index (χ2n) is 4.62. The molecule has 0 spiro atoms. The van der Waals surface area contributed by atoms with Gasteiger partial charge < -0.3 is 0 Å². The van der Waals surface area contributed by atoms with Crippen molar-refractivity contribution in [2.75, 3.05) is 13.1 Å². The molecule has 2 heterocycles. The van der Waals surface area contributed by atoms with Crippen molar-refractivity contribution in [2.45, 2.75) is 35.7 Å². The van der Waals surface area contributed by atoms with Crippen molar-refractivity contribution < 1.29 is 8.42 Å². The quantitative estimate of drug-likeness (QED) is 0.785. The zero-order chi connectivity index (χ0) is 13.3. The van der Waals surface area contributed by atoms with E-state index in [0.717, 1.165) is 17.8 Å². The van der Waals surface area contributed by atoms with Gasteiger partial charge in [-0.15, -0.1) is 11.3 Å². The maximum Gasteiger partial charge on any atom is 0.254 e. The Hall–Kier alpha value is 0.0200. The van der Waals surface area contributed by atoms with Crippen LogP contribution in [0.4, 0.5) is 0 Å². The molecule has 0 N–H and O–H groups in total. The zero-order valence-electron chi connectivity index (χ0n) is 10.5. The van der Waals surface area contributed by atoms with Gasteiger partial charge in [0.25, 0.3) is 10.0 Å². The molecule has 0 radical (unpaired) electrons. The second kappa shape index (κ2) is 5.56. The number of hydrogen-bond acceptors (Lipinski definition) is 4. The van der Waals surface area contributed by atoms with E-state index in [1.165, 1.54) is 17.5 Å². The van der Waals surface area contributed by atoms with Gasteiger partial charge in [-0.2, -0.15) is 4.31 Å². The van der Waals surface area contributed by atoms with Crippen LogP contribution < -0.4 is 0 Å². The summed E-state index contributed by atoms with van der Waals surface area (Å²) in [7, 11) is -3.32. The SMILES string of the molecule is Cc1ncc(S(=O)(=O)N2CCC(C(C)Br)CC2)s1. The highest BCUT2D eigenvalue weighted by Crippen LogP contribution is 2.29. The molecule has 1 aliphatic heterocycles. The van der Waals surface area contributed by atoms with Crippen molar-refractivity contribution in [1.82, 2.24) is 9.29 Å². The molecule has 1 aliphatic rings. The number of alkyl halides is 1. The van der Waals surface area contributed by atoms with Crippen LogP contribution in [0.2, 0.25) is 0 Å². The van der Waals surface area contributed by atoms with Gasteiger partial charge in [0.15, 0.2) is 4.21 Å². The average molecular weight is 353 g/mol. The fraction of sp³-hybridized carbons (Fsp3) is 0.727. The highest BCUT2D eigenvalue weighted by molar-refractivity contribution is 9.09. The van der Waals surface area contributed by atoms with Crippen LogP contribution in [-0.4, -0.2) is 35.6 Å². The van der Waals surface area contributed by atoms with Crippen LogP contribution in [-0.2, 0) is 10.0 Å². The minimum atomic E-state index is -3.32. The zero-order valence-corrected chi connectivity index (χ0v) is 13.7. The van der Waals surface area contributed by atoms with Gasteiger partial charge in [0, 0.05) is 17.9 Å². The van der Waals surface area contributed by atoms with E-state index in [2.05, 4.69) is 27.8 Å². The number of aromatic nitrogens is 1. The van der Waals surface area contributed by atoms with Crippen molar-refractivity contribution in [1.29, 1.82) is 0 Å². The van der Waals surface area contributed by atoms with Gasteiger partial charge in [-0.25, -0.2) is 13.4 Å². The maximum absolute atomic E-state index is 12.4. The third-order valence-electron chi connectivity index (χ3n) is 3.34. The van der Waals surface area contributed by atoms with Crippen LogP contribution in [0.1, 0.15) is 24.8 Å². The lowest BCUT2D eigenvalue weighted by Gasteiger charge is -2.32. The lowest BCUT2D eigenvalue weighted by atomic mass is 9.96. The first-order valence-electron chi connectivity index (χ1n) is 5.98. The number of thiazole rings is 1. The Balaban J connectivity index is 2.09. The molecule has 0 bridgehead atoms. The summed E-state index contributed by atoms with van der Waals surface area (Å²) in [4.78, 5) is 4.48. The molecule has 0 saturated carbocycles. The van der Waals surface area contributed by atoms with E-state index in [0.29, 0.717) is 28.0 Å². The van der Waals surface area contributed by atoms with Crippen LogP contribution in [0.15, 0.2) is 10.4 Å². The largest absolute Gasteiger partial charge is 0.254 e. The third-order valence-corrected chi connectivity index (χ3v) is 7.34. The van der Waals surface area contributed by atoms with Crippen LogP contribution in [0.5, 0.6) is 0 Å². The van der Waals surface area contributed by atoms with Gasteiger partial charge in [-0.05, 0) is 25.7 Å². The van der Waals surface area contributed by atoms with Gasteiger partial charge in [-0.1, -0.05) is 22.9 Å². The maximum atomic E-state index is 12.4. The first-order chi connectivity index (χ1) is 8.41. The van der Waals surface area contributed by atoms with Gasteiger partial charge in [0.05, 0.1) is 11.2 Å². The van der Waals surface area contributed by atoms with Crippen LogP contribution >= 0.6 is 27.3 Å². The first kappa shape index (κ1) is 14.4. The fourth-order valence-corrected chi connectivity index (χ4v) is 5.43. The summed E-state index contributed by atoms with van der Waals surface area (Å²) in [6.07, 6.45) is 3.31. The van der Waals surface area contributed by atoms with Crippen molar-refractivity contribution >= 4 is 37.3 Å². The van der Waals surface area contributed by atoms with Gasteiger partial charge in [0.2, 0.25) is 0 Å². The molecule has 1 aromatic heterocycles. The minimum Gasteiger partial charge on any atom is -0.249 e. The van der Waals surface area contributed by atoms with Gasteiger partial charge >= 0.3 is 0 Å². The van der Waals surface area contributed by atoms with Crippen molar-refractivity contribution in [3.05, 3.63) is 11.2 Å². The van der Waals surface area contributed by atoms with Crippen LogP contribution in [0.3, 0.4) is 0 Å². The van der Waals surface area contributed by atoms with Crippen LogP contribution in [0, 0.1) is 12.8 Å². The Morgan fingerprint density at radius 3 is 2.56 bits per heavy atom. The van der Waals surface area contributed by atoms with E-state index in [1.54, 1.807) is 4.31 Å². The van der Waals surface area contributed by atoms with E-state index >= 15 is 0 Å². The highest BCUT2D eigenvalue weighted by atomic mass is 79.9. The van der Waals surface area contributed by atoms with Crippen molar-refractivity contribution in [3.8, 4) is 0 Å². The Kier molecular flexibility index (Phi) is 4.46. The predicted octanol–water partition coefficient (Wildman–Crippen LogP) is 2.64. The van der Waals surface area contributed by atoms with E-state index < -0.39 is 10.0 Å². The number of aryl methyl sites for hydroxylation is 1. The summed E-state index contributed by atoms with van der Waals surface area (Å²) in [5, 5.41) is 0.789. The normalized spacial score (nSPS) is 21.1. The topological polar surface area (TPSA) is 50.3 Å². The molecular formula is C11H17BrN2O2S2. The molecule has 0 aliphatic carbocycles. The Labute approximate surface area is 121 Å². The Morgan fingerprint density at radius 1 is 1.50 bits per heavy atom. The van der Waals surface area contributed by atoms with Gasteiger partial charge in [0.1, 0.15) is 0 Å². The molecule has 1 saturated heterocycles. The number of nitrogens with zero attached hydrogens (tertiary/aromatic N) is 2. The highest BCUT2D eigenvalue weighted by Gasteiger charge is 2.31. The summed E-state index contributed by atoms with van der Waals surface area (Å²) < 4.78 is 26.7. The summed E-state index contributed by atoms with van der Waals surface area (Å²) in [6, 6.07) is 0. The number of piperidine rings is 1. The van der Waals surface area contributed by atoms with E-state index in [4.69, 9.17) is 0 Å². The molecule has 102 valence electrons. The summed E-state index contributed by atoms with van der Waals surface area (Å²) in [5.74, 6) is 0.569. The monoisotopic (exact) mass is 352 g/mol. The average Bonchev–Trinajstić information content (AvgIpc) is 2.76. The smallest absolute Gasteiger partial charge is 0.249 e. The predicted molar refractivity (Wildman–Crippen MR) is 76.7 cm³/mol. The van der Waals surface area contributed by atoms with Crippen molar-refractivity contribution in [3.63, 3.8) is 0 Å². The minimum absolute atomic E-state index is 0.366. The summed E-state index contributed by atoms with van der Waals surface area (Å²) >= 11 is 4.82. The molecule has 0 amide bonds. The second-order valence-corrected chi connectivity index (χ2v) is 9.46. The number of rotatable bonds is 3.